The quantitative estimate of drug-likeness (QED) is 0.701. The summed E-state index contributed by atoms with van der Waals surface area (Å²) in [4.78, 5) is 11.3. The molecule has 3 aromatic rings. The van der Waals surface area contributed by atoms with Crippen molar-refractivity contribution in [3.05, 3.63) is 71.5 Å². The second-order valence-corrected chi connectivity index (χ2v) is 5.29. The minimum absolute atomic E-state index is 0.248. The van der Waals surface area contributed by atoms with E-state index in [1.165, 1.54) is 5.56 Å². The van der Waals surface area contributed by atoms with E-state index >= 15 is 0 Å². The second-order valence-electron chi connectivity index (χ2n) is 5.29. The van der Waals surface area contributed by atoms with Crippen LogP contribution in [0, 0.1) is 6.57 Å². The van der Waals surface area contributed by atoms with Gasteiger partial charge in [0.25, 0.3) is 0 Å². The Bertz CT molecular complexity index is 799. The topological polar surface area (TPSA) is 45.1 Å². The SMILES string of the molecule is [C-]#[N+]c1c[nH]c2cc(C(CCNC)c3ccccn3)ccc12. The van der Waals surface area contributed by atoms with E-state index in [-0.39, 0.29) is 5.92 Å². The Labute approximate surface area is 130 Å². The van der Waals surface area contributed by atoms with E-state index in [9.17, 15) is 0 Å². The molecule has 0 aliphatic rings. The van der Waals surface area contributed by atoms with Crippen LogP contribution in [-0.2, 0) is 0 Å². The number of rotatable bonds is 5. The summed E-state index contributed by atoms with van der Waals surface area (Å²) in [5, 5.41) is 4.19. The van der Waals surface area contributed by atoms with Crippen LogP contribution in [0.1, 0.15) is 23.6 Å². The number of aromatic amines is 1. The molecule has 2 N–H and O–H groups in total. The van der Waals surface area contributed by atoms with Crippen molar-refractivity contribution in [2.75, 3.05) is 13.6 Å². The van der Waals surface area contributed by atoms with Gasteiger partial charge in [-0.3, -0.25) is 4.98 Å². The standard InChI is InChI=1S/C18H18N4/c1-19-10-8-14(16-5-3-4-9-21-16)13-6-7-15-17(11-13)22-12-18(15)20-2/h3-7,9,11-12,14,19,22H,8,10H2,1H3. The highest BCUT2D eigenvalue weighted by molar-refractivity contribution is 5.93. The maximum Gasteiger partial charge on any atom is 0.211 e. The summed E-state index contributed by atoms with van der Waals surface area (Å²) in [5.41, 5.74) is 3.98. The van der Waals surface area contributed by atoms with E-state index < -0.39 is 0 Å². The van der Waals surface area contributed by atoms with Crippen LogP contribution in [0.25, 0.3) is 15.7 Å². The number of H-pyrrole nitrogens is 1. The third-order valence-corrected chi connectivity index (χ3v) is 3.93. The molecule has 110 valence electrons. The van der Waals surface area contributed by atoms with E-state index in [4.69, 9.17) is 6.57 Å². The van der Waals surface area contributed by atoms with E-state index in [2.05, 4.69) is 38.3 Å². The zero-order chi connectivity index (χ0) is 15.4. The average Bonchev–Trinajstić information content (AvgIpc) is 2.98. The van der Waals surface area contributed by atoms with Crippen LogP contribution in [0.3, 0.4) is 0 Å². The monoisotopic (exact) mass is 290 g/mol. The summed E-state index contributed by atoms with van der Waals surface area (Å²) >= 11 is 0. The first-order valence-corrected chi connectivity index (χ1v) is 7.37. The summed E-state index contributed by atoms with van der Waals surface area (Å²) in [6, 6.07) is 12.3. The van der Waals surface area contributed by atoms with Crippen molar-refractivity contribution >= 4 is 16.6 Å². The fourth-order valence-corrected chi connectivity index (χ4v) is 2.79. The van der Waals surface area contributed by atoms with Gasteiger partial charge in [-0.15, -0.1) is 0 Å². The van der Waals surface area contributed by atoms with Crippen LogP contribution in [0.15, 0.2) is 48.8 Å². The largest absolute Gasteiger partial charge is 0.372 e. The zero-order valence-corrected chi connectivity index (χ0v) is 12.5. The lowest BCUT2D eigenvalue weighted by molar-refractivity contribution is 0.650. The summed E-state index contributed by atoms with van der Waals surface area (Å²) in [5.74, 6) is 0.248. The van der Waals surface area contributed by atoms with Crippen LogP contribution in [0.2, 0.25) is 0 Å². The minimum Gasteiger partial charge on any atom is -0.372 e. The fraction of sp³-hybridized carbons (Fsp3) is 0.222. The Morgan fingerprint density at radius 3 is 2.95 bits per heavy atom. The molecule has 0 saturated carbocycles. The van der Waals surface area contributed by atoms with Crippen molar-refractivity contribution in [1.82, 2.24) is 15.3 Å². The lowest BCUT2D eigenvalue weighted by Gasteiger charge is -2.17. The number of pyridine rings is 1. The molecule has 2 aromatic heterocycles. The van der Waals surface area contributed by atoms with Crippen LogP contribution in [-0.4, -0.2) is 23.6 Å². The lowest BCUT2D eigenvalue weighted by atomic mass is 9.91. The van der Waals surface area contributed by atoms with Gasteiger partial charge in [0.15, 0.2) is 0 Å². The third kappa shape index (κ3) is 2.72. The van der Waals surface area contributed by atoms with Crippen LogP contribution < -0.4 is 5.32 Å². The van der Waals surface area contributed by atoms with Crippen molar-refractivity contribution in [3.8, 4) is 0 Å². The van der Waals surface area contributed by atoms with Gasteiger partial charge < -0.3 is 10.3 Å². The van der Waals surface area contributed by atoms with Crippen molar-refractivity contribution < 1.29 is 0 Å². The molecule has 22 heavy (non-hydrogen) atoms. The van der Waals surface area contributed by atoms with E-state index in [0.717, 1.165) is 29.6 Å². The van der Waals surface area contributed by atoms with Gasteiger partial charge >= 0.3 is 0 Å². The summed E-state index contributed by atoms with van der Waals surface area (Å²) in [6.07, 6.45) is 4.59. The van der Waals surface area contributed by atoms with Gasteiger partial charge in [-0.1, -0.05) is 18.2 Å². The number of fused-ring (bicyclic) bond motifs is 1. The molecule has 0 aliphatic carbocycles. The number of aromatic nitrogens is 2. The molecule has 0 saturated heterocycles. The molecule has 0 bridgehead atoms. The summed E-state index contributed by atoms with van der Waals surface area (Å²) in [6.45, 7) is 8.12. The molecular weight excluding hydrogens is 272 g/mol. The van der Waals surface area contributed by atoms with Gasteiger partial charge in [0.1, 0.15) is 0 Å². The van der Waals surface area contributed by atoms with Crippen LogP contribution >= 0.6 is 0 Å². The molecule has 1 atom stereocenters. The first-order valence-electron chi connectivity index (χ1n) is 7.37. The maximum atomic E-state index is 7.19. The Morgan fingerprint density at radius 1 is 1.32 bits per heavy atom. The Hall–Kier alpha value is -2.64. The molecule has 0 fully saturated rings. The van der Waals surface area contributed by atoms with Crippen molar-refractivity contribution in [2.24, 2.45) is 0 Å². The van der Waals surface area contributed by atoms with Crippen molar-refractivity contribution in [3.63, 3.8) is 0 Å². The smallest absolute Gasteiger partial charge is 0.211 e. The van der Waals surface area contributed by atoms with Crippen LogP contribution in [0.5, 0.6) is 0 Å². The first kappa shape index (κ1) is 14.3. The maximum absolute atomic E-state index is 7.19. The van der Waals surface area contributed by atoms with Gasteiger partial charge in [0, 0.05) is 34.9 Å². The molecule has 1 aromatic carbocycles. The van der Waals surface area contributed by atoms with Gasteiger partial charge in [0.05, 0.1) is 6.57 Å². The molecule has 1 unspecified atom stereocenters. The molecule has 0 aliphatic heterocycles. The fourth-order valence-electron chi connectivity index (χ4n) is 2.79. The average molecular weight is 290 g/mol. The zero-order valence-electron chi connectivity index (χ0n) is 12.5. The first-order chi connectivity index (χ1) is 10.8. The second kappa shape index (κ2) is 6.42. The molecule has 3 rings (SSSR count). The predicted octanol–water partition coefficient (Wildman–Crippen LogP) is 3.86. The van der Waals surface area contributed by atoms with Crippen molar-refractivity contribution in [2.45, 2.75) is 12.3 Å². The van der Waals surface area contributed by atoms with E-state index in [0.29, 0.717) is 5.69 Å². The number of benzene rings is 1. The predicted molar refractivity (Wildman–Crippen MR) is 89.2 cm³/mol. The Kier molecular flexibility index (Phi) is 4.17. The number of hydrogen-bond acceptors (Lipinski definition) is 2. The van der Waals surface area contributed by atoms with Gasteiger partial charge in [-0.25, -0.2) is 4.85 Å². The summed E-state index contributed by atoms with van der Waals surface area (Å²) < 4.78 is 0. The number of nitrogens with zero attached hydrogens (tertiary/aromatic N) is 2. The lowest BCUT2D eigenvalue weighted by Crippen LogP contribution is -2.14. The number of hydrogen-bond donors (Lipinski definition) is 2. The third-order valence-electron chi connectivity index (χ3n) is 3.93. The molecule has 4 heteroatoms. The minimum atomic E-state index is 0.248. The van der Waals surface area contributed by atoms with Gasteiger partial charge in [-0.2, -0.15) is 0 Å². The Balaban J connectivity index is 2.02. The van der Waals surface area contributed by atoms with E-state index in [1.54, 1.807) is 6.20 Å². The number of nitrogens with one attached hydrogen (secondary N) is 2. The highest BCUT2D eigenvalue weighted by atomic mass is 14.8. The van der Waals surface area contributed by atoms with Gasteiger partial charge in [0.2, 0.25) is 5.69 Å². The van der Waals surface area contributed by atoms with Crippen molar-refractivity contribution in [1.29, 1.82) is 0 Å². The van der Waals surface area contributed by atoms with E-state index in [1.807, 2.05) is 31.4 Å². The molecule has 0 amide bonds. The highest BCUT2D eigenvalue weighted by Gasteiger charge is 2.16. The summed E-state index contributed by atoms with van der Waals surface area (Å²) in [7, 11) is 1.96. The van der Waals surface area contributed by atoms with Crippen LogP contribution in [0.4, 0.5) is 5.69 Å². The molecular formula is C18H18N4. The Morgan fingerprint density at radius 2 is 2.23 bits per heavy atom. The normalized spacial score (nSPS) is 12.2. The molecule has 0 radical (unpaired) electrons. The van der Waals surface area contributed by atoms with Gasteiger partial charge in [-0.05, 0) is 43.8 Å². The molecule has 2 heterocycles. The molecule has 4 nitrogen and oxygen atoms in total. The highest BCUT2D eigenvalue weighted by Crippen LogP contribution is 2.32. The molecule has 0 spiro atoms.